The van der Waals surface area contributed by atoms with E-state index in [9.17, 15) is 15.0 Å². The van der Waals surface area contributed by atoms with E-state index < -0.39 is 0 Å². The van der Waals surface area contributed by atoms with Gasteiger partial charge in [0.15, 0.2) is 0 Å². The minimum Gasteiger partial charge on any atom is -0.395 e. The summed E-state index contributed by atoms with van der Waals surface area (Å²) in [6.45, 7) is 2.86. The zero-order chi connectivity index (χ0) is 23.2. The van der Waals surface area contributed by atoms with E-state index in [2.05, 4.69) is 47.8 Å². The number of thiol groups is 1. The van der Waals surface area contributed by atoms with Gasteiger partial charge < -0.3 is 24.6 Å². The molecule has 0 atom stereocenters. The number of carbonyl (C=O) groups excluding carboxylic acids is 1. The predicted octanol–water partition coefficient (Wildman–Crippen LogP) is 3.40. The Morgan fingerprint density at radius 2 is 1.66 bits per heavy atom. The Labute approximate surface area is 197 Å². The minimum atomic E-state index is 0.0594. The fourth-order valence-corrected chi connectivity index (χ4v) is 3.64. The van der Waals surface area contributed by atoms with Crippen molar-refractivity contribution in [2.75, 3.05) is 50.5 Å². The average Bonchev–Trinajstić information content (AvgIpc) is 3.26. The second-order valence-electron chi connectivity index (χ2n) is 7.89. The number of hydrogen-bond acceptors (Lipinski definition) is 5. The summed E-state index contributed by atoms with van der Waals surface area (Å²) in [4.78, 5) is 15.7. The minimum absolute atomic E-state index is 0.0594. The number of nitrogens with zero attached hydrogens (tertiary/aromatic N) is 3. The summed E-state index contributed by atoms with van der Waals surface area (Å²) in [5.41, 5.74) is 3.24. The molecule has 0 radical (unpaired) electrons. The van der Waals surface area contributed by atoms with Gasteiger partial charge in [-0.3, -0.25) is 4.79 Å². The Morgan fingerprint density at radius 1 is 0.969 bits per heavy atom. The Balaban J connectivity index is 1.78. The predicted molar refractivity (Wildman–Crippen MR) is 136 cm³/mol. The first kappa shape index (κ1) is 26.0. The first-order valence-corrected chi connectivity index (χ1v) is 12.0. The lowest BCUT2D eigenvalue weighted by Crippen LogP contribution is -2.29. The van der Waals surface area contributed by atoms with Gasteiger partial charge in [0.2, 0.25) is 5.91 Å². The van der Waals surface area contributed by atoms with Crippen LogP contribution in [0.2, 0.25) is 0 Å². The van der Waals surface area contributed by atoms with Crippen molar-refractivity contribution in [3.8, 4) is 0 Å². The van der Waals surface area contributed by atoms with Crippen LogP contribution in [0.1, 0.15) is 36.8 Å². The second-order valence-corrected chi connectivity index (χ2v) is 8.34. The molecule has 0 saturated heterocycles. The summed E-state index contributed by atoms with van der Waals surface area (Å²) < 4.78 is 2.19. The van der Waals surface area contributed by atoms with Crippen molar-refractivity contribution in [1.29, 1.82) is 0 Å². The standard InChI is InChI=1S/C25H37N3O3S/c1-26(25(31)5-4-20-32)13-2-3-14-27-15-12-23(21-27)7-6-22-8-10-24(11-9-22)28(16-18-29)17-19-30/h6-12,15,21,29-30,32H,2-5,13-14,16-20H2,1H3/b7-6+. The van der Waals surface area contributed by atoms with Gasteiger partial charge in [-0.25, -0.2) is 0 Å². The fraction of sp³-hybridized carbons (Fsp3) is 0.480. The molecule has 1 aromatic heterocycles. The summed E-state index contributed by atoms with van der Waals surface area (Å²) >= 11 is 4.16. The molecule has 0 aliphatic rings. The normalized spacial score (nSPS) is 11.2. The van der Waals surface area contributed by atoms with Crippen LogP contribution in [0.15, 0.2) is 42.7 Å². The molecule has 0 bridgehead atoms. The van der Waals surface area contributed by atoms with Crippen molar-refractivity contribution in [2.45, 2.75) is 32.2 Å². The van der Waals surface area contributed by atoms with Crippen LogP contribution in [-0.4, -0.2) is 71.2 Å². The van der Waals surface area contributed by atoms with Gasteiger partial charge in [-0.1, -0.05) is 24.3 Å². The molecule has 7 heteroatoms. The van der Waals surface area contributed by atoms with Gasteiger partial charge in [-0.2, -0.15) is 12.6 Å². The van der Waals surface area contributed by atoms with Crippen molar-refractivity contribution in [3.05, 3.63) is 53.9 Å². The van der Waals surface area contributed by atoms with Crippen molar-refractivity contribution in [2.24, 2.45) is 0 Å². The molecule has 0 unspecified atom stereocenters. The molecule has 6 nitrogen and oxygen atoms in total. The van der Waals surface area contributed by atoms with Crippen LogP contribution in [0, 0.1) is 0 Å². The topological polar surface area (TPSA) is 68.9 Å². The third kappa shape index (κ3) is 9.10. The van der Waals surface area contributed by atoms with E-state index in [1.807, 2.05) is 41.1 Å². The van der Waals surface area contributed by atoms with Crippen LogP contribution < -0.4 is 4.90 Å². The van der Waals surface area contributed by atoms with Crippen molar-refractivity contribution < 1.29 is 15.0 Å². The number of anilines is 1. The molecule has 0 spiro atoms. The first-order chi connectivity index (χ1) is 15.6. The smallest absolute Gasteiger partial charge is 0.222 e. The maximum Gasteiger partial charge on any atom is 0.222 e. The number of carbonyl (C=O) groups is 1. The maximum absolute atomic E-state index is 11.9. The average molecular weight is 460 g/mol. The number of unbranched alkanes of at least 4 members (excludes halogenated alkanes) is 1. The lowest BCUT2D eigenvalue weighted by molar-refractivity contribution is -0.129. The largest absolute Gasteiger partial charge is 0.395 e. The van der Waals surface area contributed by atoms with Gasteiger partial charge in [0.1, 0.15) is 0 Å². The Hall–Kier alpha value is -2.22. The van der Waals surface area contributed by atoms with E-state index in [-0.39, 0.29) is 19.1 Å². The molecular formula is C25H37N3O3S. The third-order valence-corrected chi connectivity index (χ3v) is 5.69. The molecule has 0 aliphatic carbocycles. The lowest BCUT2D eigenvalue weighted by Gasteiger charge is -2.22. The van der Waals surface area contributed by atoms with Gasteiger partial charge >= 0.3 is 0 Å². The van der Waals surface area contributed by atoms with E-state index in [0.717, 1.165) is 54.9 Å². The number of rotatable bonds is 15. The van der Waals surface area contributed by atoms with E-state index in [0.29, 0.717) is 19.5 Å². The number of hydrogen-bond donors (Lipinski definition) is 3. The molecule has 176 valence electrons. The van der Waals surface area contributed by atoms with Crippen LogP contribution in [0.5, 0.6) is 0 Å². The van der Waals surface area contributed by atoms with E-state index in [4.69, 9.17) is 0 Å². The van der Waals surface area contributed by atoms with E-state index in [1.54, 1.807) is 0 Å². The fourth-order valence-electron chi connectivity index (χ4n) is 3.49. The van der Waals surface area contributed by atoms with Crippen molar-refractivity contribution in [1.82, 2.24) is 9.47 Å². The molecule has 1 heterocycles. The third-order valence-electron chi connectivity index (χ3n) is 5.37. The summed E-state index contributed by atoms with van der Waals surface area (Å²) in [7, 11) is 1.88. The molecule has 0 saturated carbocycles. The van der Waals surface area contributed by atoms with Gasteiger partial charge in [-0.05, 0) is 54.3 Å². The highest BCUT2D eigenvalue weighted by Crippen LogP contribution is 2.17. The highest BCUT2D eigenvalue weighted by Gasteiger charge is 2.07. The van der Waals surface area contributed by atoms with Crippen LogP contribution in [0.4, 0.5) is 5.69 Å². The van der Waals surface area contributed by atoms with Crippen LogP contribution in [0.3, 0.4) is 0 Å². The molecular weight excluding hydrogens is 422 g/mol. The summed E-state index contributed by atoms with van der Waals surface area (Å²) in [6.07, 6.45) is 11.8. The molecule has 2 aromatic rings. The van der Waals surface area contributed by atoms with Crippen LogP contribution >= 0.6 is 12.6 Å². The Bertz CT molecular complexity index is 814. The number of aliphatic hydroxyl groups excluding tert-OH is 2. The Morgan fingerprint density at radius 3 is 2.31 bits per heavy atom. The maximum atomic E-state index is 11.9. The van der Waals surface area contributed by atoms with Gasteiger partial charge in [0.05, 0.1) is 13.2 Å². The zero-order valence-corrected chi connectivity index (χ0v) is 20.0. The molecule has 0 aliphatic heterocycles. The zero-order valence-electron chi connectivity index (χ0n) is 19.1. The first-order valence-electron chi connectivity index (χ1n) is 11.3. The molecule has 1 amide bonds. The number of benzene rings is 1. The quantitative estimate of drug-likeness (QED) is 0.282. The van der Waals surface area contributed by atoms with Gasteiger partial charge in [0, 0.05) is 57.7 Å². The summed E-state index contributed by atoms with van der Waals surface area (Å²) in [6, 6.07) is 10.2. The van der Waals surface area contributed by atoms with Crippen LogP contribution in [-0.2, 0) is 11.3 Å². The van der Waals surface area contributed by atoms with Crippen LogP contribution in [0.25, 0.3) is 12.2 Å². The number of aryl methyl sites for hydroxylation is 1. The van der Waals surface area contributed by atoms with Crippen molar-refractivity contribution in [3.63, 3.8) is 0 Å². The molecule has 32 heavy (non-hydrogen) atoms. The lowest BCUT2D eigenvalue weighted by atomic mass is 10.1. The SMILES string of the molecule is CN(CCCCn1ccc(/C=C/c2ccc(N(CCO)CCO)cc2)c1)C(=O)CCCS. The summed E-state index contributed by atoms with van der Waals surface area (Å²) in [5.74, 6) is 0.957. The van der Waals surface area contributed by atoms with Gasteiger partial charge in [-0.15, -0.1) is 0 Å². The highest BCUT2D eigenvalue weighted by atomic mass is 32.1. The Kier molecular flexibility index (Phi) is 12.0. The monoisotopic (exact) mass is 459 g/mol. The van der Waals surface area contributed by atoms with E-state index >= 15 is 0 Å². The molecule has 2 N–H and O–H groups in total. The number of aliphatic hydroxyl groups is 2. The van der Waals surface area contributed by atoms with Gasteiger partial charge in [0.25, 0.3) is 0 Å². The number of aromatic nitrogens is 1. The highest BCUT2D eigenvalue weighted by molar-refractivity contribution is 7.80. The van der Waals surface area contributed by atoms with E-state index in [1.165, 1.54) is 0 Å². The molecule has 0 fully saturated rings. The molecule has 2 rings (SSSR count). The number of amides is 1. The van der Waals surface area contributed by atoms with Crippen molar-refractivity contribution >= 4 is 36.4 Å². The summed E-state index contributed by atoms with van der Waals surface area (Å²) in [5, 5.41) is 18.4. The molecule has 1 aromatic carbocycles. The second kappa shape index (κ2) is 14.8.